The van der Waals surface area contributed by atoms with Crippen molar-refractivity contribution >= 4 is 56.0 Å². The lowest BCUT2D eigenvalue weighted by atomic mass is 10.0. The van der Waals surface area contributed by atoms with Gasteiger partial charge < -0.3 is 20.6 Å². The molecule has 0 unspecified atom stereocenters. The van der Waals surface area contributed by atoms with E-state index in [-0.39, 0.29) is 11.8 Å². The molecule has 0 fully saturated rings. The highest BCUT2D eigenvalue weighted by atomic mass is 16.2. The van der Waals surface area contributed by atoms with Crippen molar-refractivity contribution in [1.29, 1.82) is 0 Å². The van der Waals surface area contributed by atoms with Crippen molar-refractivity contribution in [2.24, 2.45) is 0 Å². The molecule has 0 saturated carbocycles. The van der Waals surface area contributed by atoms with Gasteiger partial charge in [-0.1, -0.05) is 72.8 Å². The number of fused-ring (bicyclic) bond motifs is 3. The summed E-state index contributed by atoms with van der Waals surface area (Å²) in [5.74, 6) is 1.37. The van der Waals surface area contributed by atoms with E-state index in [2.05, 4.69) is 85.6 Å². The number of nitrogens with one attached hydrogen (secondary N) is 4. The van der Waals surface area contributed by atoms with Crippen molar-refractivity contribution in [1.82, 2.24) is 19.9 Å². The Kier molecular flexibility index (Phi) is 10.2. The zero-order valence-electron chi connectivity index (χ0n) is 33.4. The SMILES string of the molecule is Cc1ccc(NC(=O)c2ccc3nc(-c4cccc(C)c4C)[nH]c3c2)cc1C.Cc1cccc(C)c1-c1nc2ccc(C(=O)Nc3ccc4ccccc4c3)cc2[nH]1. The number of rotatable bonds is 6. The third-order valence-corrected chi connectivity index (χ3v) is 10.8. The van der Waals surface area contributed by atoms with Crippen molar-refractivity contribution in [2.45, 2.75) is 41.5 Å². The fraction of sp³-hybridized carbons (Fsp3) is 0.120. The van der Waals surface area contributed by atoms with Crippen LogP contribution in [0.2, 0.25) is 0 Å². The summed E-state index contributed by atoms with van der Waals surface area (Å²) in [4.78, 5) is 41.7. The molecule has 9 rings (SSSR count). The Balaban J connectivity index is 0.000000162. The summed E-state index contributed by atoms with van der Waals surface area (Å²) in [6, 6.07) is 43.5. The number of benzene rings is 7. The van der Waals surface area contributed by atoms with Crippen LogP contribution in [0, 0.1) is 41.5 Å². The van der Waals surface area contributed by atoms with Gasteiger partial charge in [0.1, 0.15) is 11.6 Å². The molecule has 2 amide bonds. The molecular formula is C50H44N6O2. The van der Waals surface area contributed by atoms with E-state index in [1.54, 1.807) is 0 Å². The Morgan fingerprint density at radius 3 is 1.67 bits per heavy atom. The molecule has 286 valence electrons. The maximum absolute atomic E-state index is 12.8. The number of carbonyl (C=O) groups excluding carboxylic acids is 2. The molecule has 58 heavy (non-hydrogen) atoms. The van der Waals surface area contributed by atoms with Gasteiger partial charge in [-0.05, 0) is 146 Å². The third-order valence-electron chi connectivity index (χ3n) is 10.8. The molecule has 8 heteroatoms. The van der Waals surface area contributed by atoms with Crippen LogP contribution in [0.15, 0.2) is 133 Å². The minimum absolute atomic E-state index is 0.131. The Morgan fingerprint density at radius 1 is 0.466 bits per heavy atom. The van der Waals surface area contributed by atoms with Gasteiger partial charge in [-0.2, -0.15) is 0 Å². The summed E-state index contributed by atoms with van der Waals surface area (Å²) >= 11 is 0. The average molecular weight is 761 g/mol. The van der Waals surface area contributed by atoms with Crippen molar-refractivity contribution in [2.75, 3.05) is 10.6 Å². The van der Waals surface area contributed by atoms with E-state index in [1.165, 1.54) is 27.8 Å². The molecule has 0 aliphatic rings. The van der Waals surface area contributed by atoms with Crippen LogP contribution >= 0.6 is 0 Å². The lowest BCUT2D eigenvalue weighted by molar-refractivity contribution is 0.101. The summed E-state index contributed by atoms with van der Waals surface area (Å²) in [5, 5.41) is 8.21. The van der Waals surface area contributed by atoms with Crippen LogP contribution in [0.1, 0.15) is 54.1 Å². The Labute approximate surface area is 337 Å². The van der Waals surface area contributed by atoms with Crippen LogP contribution in [0.3, 0.4) is 0 Å². The zero-order valence-corrected chi connectivity index (χ0v) is 33.4. The molecule has 0 aliphatic heterocycles. The Bertz CT molecular complexity index is 3010. The molecule has 4 N–H and O–H groups in total. The zero-order chi connectivity index (χ0) is 40.5. The number of nitrogens with zero attached hydrogens (tertiary/aromatic N) is 2. The quantitative estimate of drug-likeness (QED) is 0.135. The minimum Gasteiger partial charge on any atom is -0.338 e. The second kappa shape index (κ2) is 15.7. The number of aryl methyl sites for hydroxylation is 5. The van der Waals surface area contributed by atoms with E-state index >= 15 is 0 Å². The first kappa shape index (κ1) is 37.6. The number of H-pyrrole nitrogens is 2. The van der Waals surface area contributed by atoms with Gasteiger partial charge in [0.05, 0.1) is 22.1 Å². The molecular weight excluding hydrogens is 717 g/mol. The highest BCUT2D eigenvalue weighted by Crippen LogP contribution is 2.29. The monoisotopic (exact) mass is 760 g/mol. The number of imidazole rings is 2. The lowest BCUT2D eigenvalue weighted by Gasteiger charge is -2.07. The minimum atomic E-state index is -0.143. The second-order valence-corrected chi connectivity index (χ2v) is 14.9. The summed E-state index contributed by atoms with van der Waals surface area (Å²) < 4.78 is 0. The Hall–Kier alpha value is -7.32. The van der Waals surface area contributed by atoms with Crippen LogP contribution in [-0.2, 0) is 0 Å². The van der Waals surface area contributed by atoms with Gasteiger partial charge in [-0.25, -0.2) is 9.97 Å². The van der Waals surface area contributed by atoms with Crippen molar-refractivity contribution in [3.05, 3.63) is 178 Å². The fourth-order valence-electron chi connectivity index (χ4n) is 7.24. The first-order valence-corrected chi connectivity index (χ1v) is 19.3. The normalized spacial score (nSPS) is 11.1. The molecule has 0 atom stereocenters. The van der Waals surface area contributed by atoms with Gasteiger partial charge in [0.2, 0.25) is 0 Å². The molecule has 2 aromatic heterocycles. The highest BCUT2D eigenvalue weighted by molar-refractivity contribution is 6.07. The number of amides is 2. The number of aromatic nitrogens is 4. The van der Waals surface area contributed by atoms with Gasteiger partial charge in [0, 0.05) is 33.6 Å². The molecule has 9 aromatic rings. The van der Waals surface area contributed by atoms with Crippen LogP contribution < -0.4 is 10.6 Å². The summed E-state index contributed by atoms with van der Waals surface area (Å²) in [7, 11) is 0. The van der Waals surface area contributed by atoms with E-state index in [1.807, 2.05) is 110 Å². The van der Waals surface area contributed by atoms with Gasteiger partial charge in [0.15, 0.2) is 0 Å². The maximum atomic E-state index is 12.8. The molecule has 0 bridgehead atoms. The molecule has 0 spiro atoms. The lowest BCUT2D eigenvalue weighted by Crippen LogP contribution is -2.11. The predicted molar refractivity (Wildman–Crippen MR) is 238 cm³/mol. The molecule has 7 aromatic carbocycles. The molecule has 0 aliphatic carbocycles. The van der Waals surface area contributed by atoms with Gasteiger partial charge in [-0.3, -0.25) is 9.59 Å². The third kappa shape index (κ3) is 7.73. The van der Waals surface area contributed by atoms with E-state index in [4.69, 9.17) is 9.97 Å². The molecule has 8 nitrogen and oxygen atoms in total. The predicted octanol–water partition coefficient (Wildman–Crippen LogP) is 12.0. The van der Waals surface area contributed by atoms with Gasteiger partial charge >= 0.3 is 0 Å². The molecule has 0 saturated heterocycles. The number of aromatic amines is 2. The van der Waals surface area contributed by atoms with Crippen LogP contribution in [0.25, 0.3) is 55.6 Å². The average Bonchev–Trinajstić information content (AvgIpc) is 3.84. The van der Waals surface area contributed by atoms with E-state index in [9.17, 15) is 9.59 Å². The van der Waals surface area contributed by atoms with Crippen molar-refractivity contribution in [3.8, 4) is 22.8 Å². The summed E-state index contributed by atoms with van der Waals surface area (Å²) in [5.41, 5.74) is 15.5. The first-order valence-electron chi connectivity index (χ1n) is 19.3. The smallest absolute Gasteiger partial charge is 0.255 e. The maximum Gasteiger partial charge on any atom is 0.255 e. The number of hydrogen-bond acceptors (Lipinski definition) is 4. The van der Waals surface area contributed by atoms with E-state index in [0.29, 0.717) is 11.1 Å². The van der Waals surface area contributed by atoms with Crippen LogP contribution in [0.5, 0.6) is 0 Å². The van der Waals surface area contributed by atoms with Crippen molar-refractivity contribution < 1.29 is 9.59 Å². The summed E-state index contributed by atoms with van der Waals surface area (Å²) in [6.07, 6.45) is 0. The first-order chi connectivity index (χ1) is 28.0. The number of carbonyl (C=O) groups is 2. The van der Waals surface area contributed by atoms with Gasteiger partial charge in [-0.15, -0.1) is 0 Å². The molecule has 2 heterocycles. The largest absolute Gasteiger partial charge is 0.338 e. The standard InChI is InChI=1S/C26H21N3O.C24H23N3O/c1-16-6-5-7-17(2)24(16)25-28-22-13-11-20(15-23(22)29-25)26(30)27-21-12-10-18-8-3-4-9-19(18)14-21;1-14-8-10-19(12-16(14)3)25-24(28)18-9-11-21-22(13-18)27-23(26-21)20-7-5-6-15(2)17(20)4/h3-15H,1-2H3,(H,27,30)(H,28,29);5-13H,1-4H3,(H,25,28)(H,26,27). The Morgan fingerprint density at radius 2 is 1.02 bits per heavy atom. The topological polar surface area (TPSA) is 116 Å². The van der Waals surface area contributed by atoms with Crippen molar-refractivity contribution in [3.63, 3.8) is 0 Å². The van der Waals surface area contributed by atoms with Crippen LogP contribution in [-0.4, -0.2) is 31.8 Å². The van der Waals surface area contributed by atoms with Crippen LogP contribution in [0.4, 0.5) is 11.4 Å². The summed E-state index contributed by atoms with van der Waals surface area (Å²) in [6.45, 7) is 12.4. The number of anilines is 2. The number of hydrogen-bond donors (Lipinski definition) is 4. The van der Waals surface area contributed by atoms with E-state index in [0.717, 1.165) is 72.6 Å². The molecule has 0 radical (unpaired) electrons. The second-order valence-electron chi connectivity index (χ2n) is 14.9. The van der Waals surface area contributed by atoms with Gasteiger partial charge in [0.25, 0.3) is 11.8 Å². The fourth-order valence-corrected chi connectivity index (χ4v) is 7.24. The highest BCUT2D eigenvalue weighted by Gasteiger charge is 2.15. The van der Waals surface area contributed by atoms with E-state index < -0.39 is 0 Å².